The summed E-state index contributed by atoms with van der Waals surface area (Å²) in [6.45, 7) is -0.649. The molecule has 2 nitrogen and oxygen atoms in total. The maximum Gasteiger partial charge on any atom is 0.426 e. The van der Waals surface area contributed by atoms with E-state index in [1.165, 1.54) is 94.2 Å². The minimum atomic E-state index is -3.53. The van der Waals surface area contributed by atoms with Crippen LogP contribution in [0.3, 0.4) is 0 Å². The van der Waals surface area contributed by atoms with Crippen LogP contribution in [-0.2, 0) is 12.5 Å². The van der Waals surface area contributed by atoms with Gasteiger partial charge in [0.15, 0.2) is 0 Å². The Morgan fingerprint density at radius 1 is 0.750 bits per heavy atom. The Balaban J connectivity index is 1.21. The lowest BCUT2D eigenvalue weighted by Gasteiger charge is -2.37. The van der Waals surface area contributed by atoms with Gasteiger partial charge in [0.05, 0.1) is 5.56 Å². The van der Waals surface area contributed by atoms with Crippen LogP contribution in [-0.4, -0.2) is 6.61 Å². The molecule has 0 amide bonds. The van der Waals surface area contributed by atoms with Crippen molar-refractivity contribution in [2.75, 3.05) is 0 Å². The van der Waals surface area contributed by atoms with Gasteiger partial charge in [0.2, 0.25) is 0 Å². The third kappa shape index (κ3) is 7.39. The van der Waals surface area contributed by atoms with E-state index in [0.29, 0.717) is 0 Å². The summed E-state index contributed by atoms with van der Waals surface area (Å²) in [4.78, 5) is 0. The SMILES string of the molecule is CC[C@H]1CC[C@H]([C@H]2CC[C@H](CCc3ccc(C(F)(F)Oc4ccc(OC(F)F)cc4)cc3)CC2)CC1. The number of benzene rings is 2. The van der Waals surface area contributed by atoms with E-state index in [-0.39, 0.29) is 17.1 Å². The van der Waals surface area contributed by atoms with Crippen LogP contribution in [0.2, 0.25) is 0 Å². The van der Waals surface area contributed by atoms with Gasteiger partial charge in [0.25, 0.3) is 0 Å². The molecule has 0 bridgehead atoms. The van der Waals surface area contributed by atoms with E-state index in [0.717, 1.165) is 42.1 Å². The summed E-state index contributed by atoms with van der Waals surface area (Å²) in [6, 6.07) is 11.0. The van der Waals surface area contributed by atoms with Gasteiger partial charge in [-0.25, -0.2) is 0 Å². The molecule has 0 spiro atoms. The van der Waals surface area contributed by atoms with E-state index < -0.39 is 12.7 Å². The minimum Gasteiger partial charge on any atom is -0.435 e. The number of alkyl halides is 4. The molecule has 198 valence electrons. The summed E-state index contributed by atoms with van der Waals surface area (Å²) in [6.07, 6.45) is 10.8. The lowest BCUT2D eigenvalue weighted by molar-refractivity contribution is -0.185. The van der Waals surface area contributed by atoms with Gasteiger partial charge in [-0.05, 0) is 104 Å². The quantitative estimate of drug-likeness (QED) is 0.299. The molecule has 0 aromatic heterocycles. The van der Waals surface area contributed by atoms with Crippen LogP contribution in [0.4, 0.5) is 17.6 Å². The van der Waals surface area contributed by atoms with Crippen molar-refractivity contribution in [2.45, 2.75) is 90.3 Å². The standard InChI is InChI=1S/C30H38F4O2/c1-2-21-5-11-24(12-6-21)25-13-7-22(8-14-25)3-4-23-9-15-26(16-10-23)30(33,34)36-28-19-17-27(18-20-28)35-29(31)32/h9-10,15-22,24-25,29H,2-8,11-14H2,1H3/t21-,22-,24-,25-. The van der Waals surface area contributed by atoms with Crippen LogP contribution >= 0.6 is 0 Å². The van der Waals surface area contributed by atoms with Crippen LogP contribution in [0.5, 0.6) is 11.5 Å². The highest BCUT2D eigenvalue weighted by Crippen LogP contribution is 2.42. The van der Waals surface area contributed by atoms with Crippen molar-refractivity contribution in [3.05, 3.63) is 59.7 Å². The summed E-state index contributed by atoms with van der Waals surface area (Å²) in [5.74, 6) is 3.30. The Kier molecular flexibility index (Phi) is 9.19. The smallest absolute Gasteiger partial charge is 0.426 e. The molecule has 2 fully saturated rings. The predicted molar refractivity (Wildman–Crippen MR) is 134 cm³/mol. The van der Waals surface area contributed by atoms with E-state index in [4.69, 9.17) is 4.74 Å². The fourth-order valence-electron chi connectivity index (χ4n) is 6.15. The molecule has 0 N–H and O–H groups in total. The van der Waals surface area contributed by atoms with Gasteiger partial charge in [0, 0.05) is 0 Å². The van der Waals surface area contributed by atoms with E-state index in [9.17, 15) is 17.6 Å². The topological polar surface area (TPSA) is 18.5 Å². The number of rotatable bonds is 10. The first-order chi connectivity index (χ1) is 17.3. The maximum absolute atomic E-state index is 14.6. The molecule has 6 heteroatoms. The highest BCUT2D eigenvalue weighted by atomic mass is 19.3. The molecule has 0 saturated heterocycles. The molecule has 2 aromatic carbocycles. The van der Waals surface area contributed by atoms with E-state index in [1.807, 2.05) is 0 Å². The molecule has 2 aliphatic carbocycles. The number of aryl methyl sites for hydroxylation is 1. The number of ether oxygens (including phenoxy) is 2. The first-order valence-electron chi connectivity index (χ1n) is 13.5. The van der Waals surface area contributed by atoms with Gasteiger partial charge in [-0.15, -0.1) is 0 Å². The first-order valence-corrected chi connectivity index (χ1v) is 13.5. The second-order valence-electron chi connectivity index (χ2n) is 10.7. The van der Waals surface area contributed by atoms with E-state index in [1.54, 1.807) is 12.1 Å². The molecule has 2 aromatic rings. The van der Waals surface area contributed by atoms with Gasteiger partial charge in [-0.1, -0.05) is 51.2 Å². The van der Waals surface area contributed by atoms with Gasteiger partial charge in [-0.2, -0.15) is 17.6 Å². The van der Waals surface area contributed by atoms with Crippen LogP contribution in [0.15, 0.2) is 48.5 Å². The molecule has 0 atom stereocenters. The van der Waals surface area contributed by atoms with E-state index >= 15 is 0 Å². The average Bonchev–Trinajstić information content (AvgIpc) is 2.89. The van der Waals surface area contributed by atoms with Crippen LogP contribution in [0, 0.1) is 23.7 Å². The summed E-state index contributed by atoms with van der Waals surface area (Å²) in [7, 11) is 0. The predicted octanol–water partition coefficient (Wildman–Crippen LogP) is 9.37. The number of halogens is 4. The Morgan fingerprint density at radius 2 is 1.28 bits per heavy atom. The number of hydrogen-bond donors (Lipinski definition) is 0. The average molecular weight is 507 g/mol. The molecule has 0 heterocycles. The second-order valence-corrected chi connectivity index (χ2v) is 10.7. The first kappa shape index (κ1) is 26.8. The van der Waals surface area contributed by atoms with Crippen molar-refractivity contribution in [3.63, 3.8) is 0 Å². The third-order valence-corrected chi connectivity index (χ3v) is 8.45. The Morgan fingerprint density at radius 3 is 1.81 bits per heavy atom. The molecule has 0 aliphatic heterocycles. The van der Waals surface area contributed by atoms with E-state index in [2.05, 4.69) is 11.7 Å². The van der Waals surface area contributed by atoms with Crippen LogP contribution < -0.4 is 9.47 Å². The van der Waals surface area contributed by atoms with Crippen LogP contribution in [0.1, 0.15) is 82.3 Å². The molecular formula is C30H38F4O2. The highest BCUT2D eigenvalue weighted by Gasteiger charge is 2.34. The Labute approximate surface area is 212 Å². The molecule has 36 heavy (non-hydrogen) atoms. The Bertz CT molecular complexity index is 913. The molecule has 4 rings (SSSR count). The Hall–Kier alpha value is -2.24. The fourth-order valence-corrected chi connectivity index (χ4v) is 6.15. The minimum absolute atomic E-state index is 0.113. The van der Waals surface area contributed by atoms with Crippen molar-refractivity contribution >= 4 is 0 Å². The van der Waals surface area contributed by atoms with Crippen LogP contribution in [0.25, 0.3) is 0 Å². The molecule has 0 unspecified atom stereocenters. The summed E-state index contributed by atoms with van der Waals surface area (Å²) < 4.78 is 62.8. The van der Waals surface area contributed by atoms with Crippen molar-refractivity contribution < 1.29 is 27.0 Å². The van der Waals surface area contributed by atoms with Crippen molar-refractivity contribution in [1.29, 1.82) is 0 Å². The normalized spacial score (nSPS) is 25.1. The largest absolute Gasteiger partial charge is 0.435 e. The van der Waals surface area contributed by atoms with Crippen molar-refractivity contribution in [2.24, 2.45) is 23.7 Å². The second kappa shape index (κ2) is 12.3. The summed E-state index contributed by atoms with van der Waals surface area (Å²) in [5.41, 5.74) is 0.820. The zero-order chi connectivity index (χ0) is 25.5. The lowest BCUT2D eigenvalue weighted by atomic mass is 9.68. The molecule has 0 radical (unpaired) electrons. The monoisotopic (exact) mass is 506 g/mol. The molecule has 2 aliphatic rings. The summed E-state index contributed by atoms with van der Waals surface area (Å²) in [5, 5.41) is 0. The summed E-state index contributed by atoms with van der Waals surface area (Å²) >= 11 is 0. The van der Waals surface area contributed by atoms with Gasteiger partial charge in [-0.3, -0.25) is 0 Å². The van der Waals surface area contributed by atoms with Crippen molar-refractivity contribution in [1.82, 2.24) is 0 Å². The number of hydrogen-bond acceptors (Lipinski definition) is 2. The lowest BCUT2D eigenvalue weighted by Crippen LogP contribution is -2.25. The van der Waals surface area contributed by atoms with Gasteiger partial charge >= 0.3 is 12.7 Å². The fraction of sp³-hybridized carbons (Fsp3) is 0.600. The maximum atomic E-state index is 14.6. The van der Waals surface area contributed by atoms with Gasteiger partial charge < -0.3 is 9.47 Å². The third-order valence-electron chi connectivity index (χ3n) is 8.45. The molecule has 2 saturated carbocycles. The van der Waals surface area contributed by atoms with Gasteiger partial charge in [0.1, 0.15) is 11.5 Å². The molecular weight excluding hydrogens is 468 g/mol. The zero-order valence-corrected chi connectivity index (χ0v) is 21.1. The highest BCUT2D eigenvalue weighted by molar-refractivity contribution is 5.32. The van der Waals surface area contributed by atoms with Crippen molar-refractivity contribution in [3.8, 4) is 11.5 Å². The zero-order valence-electron chi connectivity index (χ0n) is 21.1.